The minimum absolute atomic E-state index is 0.263. The lowest BCUT2D eigenvalue weighted by molar-refractivity contribution is 0.111. The SMILES string of the molecule is O=Cc1ncc(Br)cc1OCc1cccc2ncnn12. The summed E-state index contributed by atoms with van der Waals surface area (Å²) in [6, 6.07) is 7.32. The third-order valence-electron chi connectivity index (χ3n) is 2.72. The van der Waals surface area contributed by atoms with Crippen molar-refractivity contribution in [1.82, 2.24) is 19.6 Å². The van der Waals surface area contributed by atoms with Gasteiger partial charge >= 0.3 is 0 Å². The van der Waals surface area contributed by atoms with Gasteiger partial charge in [-0.3, -0.25) is 4.79 Å². The molecule has 6 nitrogen and oxygen atoms in total. The number of aromatic nitrogens is 4. The normalized spacial score (nSPS) is 10.7. The van der Waals surface area contributed by atoms with E-state index in [2.05, 4.69) is 31.0 Å². The largest absolute Gasteiger partial charge is 0.485 e. The van der Waals surface area contributed by atoms with Crippen LogP contribution in [0.15, 0.2) is 41.3 Å². The van der Waals surface area contributed by atoms with Crippen LogP contribution in [0.2, 0.25) is 0 Å². The van der Waals surface area contributed by atoms with E-state index in [-0.39, 0.29) is 12.3 Å². The molecule has 0 radical (unpaired) electrons. The van der Waals surface area contributed by atoms with E-state index >= 15 is 0 Å². The Morgan fingerprint density at radius 3 is 3.10 bits per heavy atom. The molecule has 0 saturated heterocycles. The molecule has 0 aliphatic carbocycles. The molecule has 0 aliphatic rings. The fourth-order valence-electron chi connectivity index (χ4n) is 1.80. The van der Waals surface area contributed by atoms with Crippen LogP contribution < -0.4 is 4.74 Å². The number of aldehydes is 1. The predicted octanol–water partition coefficient (Wildman–Crippen LogP) is 2.28. The van der Waals surface area contributed by atoms with Crippen LogP contribution in [0.25, 0.3) is 5.65 Å². The molecule has 0 atom stereocenters. The molecule has 3 rings (SSSR count). The van der Waals surface area contributed by atoms with Crippen molar-refractivity contribution in [3.05, 3.63) is 52.7 Å². The average molecular weight is 333 g/mol. The molecule has 7 heteroatoms. The Balaban J connectivity index is 1.88. The van der Waals surface area contributed by atoms with Crippen LogP contribution >= 0.6 is 15.9 Å². The maximum Gasteiger partial charge on any atom is 0.172 e. The number of pyridine rings is 2. The molecule has 3 heterocycles. The molecular weight excluding hydrogens is 324 g/mol. The maximum atomic E-state index is 10.9. The van der Waals surface area contributed by atoms with Gasteiger partial charge in [0.15, 0.2) is 11.9 Å². The molecule has 0 fully saturated rings. The van der Waals surface area contributed by atoms with Gasteiger partial charge in [-0.15, -0.1) is 0 Å². The fraction of sp³-hybridized carbons (Fsp3) is 0.0769. The Morgan fingerprint density at radius 2 is 2.25 bits per heavy atom. The second kappa shape index (κ2) is 5.38. The average Bonchev–Trinajstić information content (AvgIpc) is 2.94. The molecule has 20 heavy (non-hydrogen) atoms. The number of fused-ring (bicyclic) bond motifs is 1. The lowest BCUT2D eigenvalue weighted by atomic mass is 10.3. The molecular formula is C13H9BrN4O2. The van der Waals surface area contributed by atoms with Crippen molar-refractivity contribution in [2.45, 2.75) is 6.61 Å². The highest BCUT2D eigenvalue weighted by Gasteiger charge is 2.08. The lowest BCUT2D eigenvalue weighted by Crippen LogP contribution is -2.05. The van der Waals surface area contributed by atoms with Gasteiger partial charge in [0.25, 0.3) is 0 Å². The maximum absolute atomic E-state index is 10.9. The quantitative estimate of drug-likeness (QED) is 0.685. The van der Waals surface area contributed by atoms with Gasteiger partial charge in [0, 0.05) is 10.7 Å². The Hall–Kier alpha value is -2.28. The van der Waals surface area contributed by atoms with Crippen molar-refractivity contribution < 1.29 is 9.53 Å². The van der Waals surface area contributed by atoms with Crippen LogP contribution in [0.3, 0.4) is 0 Å². The van der Waals surface area contributed by atoms with Gasteiger partial charge in [0.05, 0.1) is 5.69 Å². The first-order valence-corrected chi connectivity index (χ1v) is 6.58. The monoisotopic (exact) mass is 332 g/mol. The molecule has 0 spiro atoms. The number of halogens is 1. The molecule has 0 N–H and O–H groups in total. The number of hydrogen-bond acceptors (Lipinski definition) is 5. The number of ether oxygens (including phenoxy) is 1. The van der Waals surface area contributed by atoms with Gasteiger partial charge in [-0.1, -0.05) is 6.07 Å². The summed E-state index contributed by atoms with van der Waals surface area (Å²) in [6.45, 7) is 0.264. The van der Waals surface area contributed by atoms with Gasteiger partial charge in [-0.2, -0.15) is 5.10 Å². The molecule has 0 aromatic carbocycles. The highest BCUT2D eigenvalue weighted by atomic mass is 79.9. The Kier molecular flexibility index (Phi) is 3.42. The molecule has 100 valence electrons. The molecule has 0 amide bonds. The fourth-order valence-corrected chi connectivity index (χ4v) is 2.11. The van der Waals surface area contributed by atoms with E-state index in [4.69, 9.17) is 4.74 Å². The zero-order valence-corrected chi connectivity index (χ0v) is 11.8. The first kappa shape index (κ1) is 12.7. The standard InChI is InChI=1S/C13H9BrN4O2/c14-9-4-12(11(6-19)15-5-9)20-7-10-2-1-3-13-16-8-17-18(10)13/h1-6,8H,7H2. The van der Waals surface area contributed by atoms with Crippen LogP contribution in [0.4, 0.5) is 0 Å². The van der Waals surface area contributed by atoms with Crippen molar-refractivity contribution in [1.29, 1.82) is 0 Å². The Labute approximate surface area is 122 Å². The van der Waals surface area contributed by atoms with E-state index < -0.39 is 0 Å². The first-order chi connectivity index (χ1) is 9.78. The van der Waals surface area contributed by atoms with Crippen LogP contribution in [0.1, 0.15) is 16.2 Å². The third kappa shape index (κ3) is 2.39. The molecule has 3 aromatic rings. The van der Waals surface area contributed by atoms with Gasteiger partial charge in [0.1, 0.15) is 24.4 Å². The number of carbonyl (C=O) groups is 1. The number of rotatable bonds is 4. The van der Waals surface area contributed by atoms with Gasteiger partial charge in [0.2, 0.25) is 0 Å². The van der Waals surface area contributed by atoms with Crippen LogP contribution in [-0.2, 0) is 6.61 Å². The summed E-state index contributed by atoms with van der Waals surface area (Å²) >= 11 is 3.30. The van der Waals surface area contributed by atoms with Gasteiger partial charge in [-0.25, -0.2) is 14.5 Å². The van der Waals surface area contributed by atoms with Crippen LogP contribution in [0.5, 0.6) is 5.75 Å². The molecule has 0 bridgehead atoms. The third-order valence-corrected chi connectivity index (χ3v) is 3.15. The number of nitrogens with zero attached hydrogens (tertiary/aromatic N) is 4. The number of carbonyl (C=O) groups excluding carboxylic acids is 1. The van der Waals surface area contributed by atoms with E-state index in [0.29, 0.717) is 12.0 Å². The molecule has 3 aromatic heterocycles. The Bertz CT molecular complexity index is 772. The van der Waals surface area contributed by atoms with Crippen molar-refractivity contribution in [2.24, 2.45) is 0 Å². The summed E-state index contributed by atoms with van der Waals surface area (Å²) in [5.74, 6) is 0.423. The summed E-state index contributed by atoms with van der Waals surface area (Å²) in [5, 5.41) is 4.12. The van der Waals surface area contributed by atoms with Crippen molar-refractivity contribution >= 4 is 27.9 Å². The highest BCUT2D eigenvalue weighted by molar-refractivity contribution is 9.10. The summed E-state index contributed by atoms with van der Waals surface area (Å²) in [5.41, 5.74) is 1.84. The second-order valence-electron chi connectivity index (χ2n) is 3.99. The van der Waals surface area contributed by atoms with E-state index in [9.17, 15) is 4.79 Å². The Morgan fingerprint density at radius 1 is 1.35 bits per heavy atom. The first-order valence-electron chi connectivity index (χ1n) is 5.79. The highest BCUT2D eigenvalue weighted by Crippen LogP contribution is 2.21. The lowest BCUT2D eigenvalue weighted by Gasteiger charge is -2.09. The van der Waals surface area contributed by atoms with Crippen molar-refractivity contribution in [2.75, 3.05) is 0 Å². The smallest absolute Gasteiger partial charge is 0.172 e. The minimum atomic E-state index is 0.263. The van der Waals surface area contributed by atoms with Crippen molar-refractivity contribution in [3.63, 3.8) is 0 Å². The zero-order chi connectivity index (χ0) is 13.9. The second-order valence-corrected chi connectivity index (χ2v) is 4.91. The summed E-state index contributed by atoms with van der Waals surface area (Å²) in [4.78, 5) is 19.0. The van der Waals surface area contributed by atoms with Gasteiger partial charge in [-0.05, 0) is 34.1 Å². The summed E-state index contributed by atoms with van der Waals surface area (Å²) in [7, 11) is 0. The van der Waals surface area contributed by atoms with E-state index in [0.717, 1.165) is 15.8 Å². The van der Waals surface area contributed by atoms with Crippen LogP contribution in [-0.4, -0.2) is 25.9 Å². The summed E-state index contributed by atoms with van der Waals surface area (Å²) < 4.78 is 8.09. The summed E-state index contributed by atoms with van der Waals surface area (Å²) in [6.07, 6.45) is 3.70. The topological polar surface area (TPSA) is 69.4 Å². The molecule has 0 saturated carbocycles. The minimum Gasteiger partial charge on any atom is -0.485 e. The van der Waals surface area contributed by atoms with Crippen molar-refractivity contribution in [3.8, 4) is 5.75 Å². The predicted molar refractivity (Wildman–Crippen MR) is 74.6 cm³/mol. The van der Waals surface area contributed by atoms with Gasteiger partial charge < -0.3 is 4.74 Å². The van der Waals surface area contributed by atoms with E-state index in [1.165, 1.54) is 6.33 Å². The van der Waals surface area contributed by atoms with E-state index in [1.54, 1.807) is 16.8 Å². The molecule has 0 aliphatic heterocycles. The van der Waals surface area contributed by atoms with Crippen LogP contribution in [0, 0.1) is 0 Å². The number of hydrogen-bond donors (Lipinski definition) is 0. The molecule has 0 unspecified atom stereocenters. The van der Waals surface area contributed by atoms with E-state index in [1.807, 2.05) is 18.2 Å². The zero-order valence-electron chi connectivity index (χ0n) is 10.2.